The van der Waals surface area contributed by atoms with Crippen molar-refractivity contribution in [3.8, 4) is 5.75 Å². The summed E-state index contributed by atoms with van der Waals surface area (Å²) >= 11 is 0. The zero-order valence-electron chi connectivity index (χ0n) is 11.2. The minimum atomic E-state index is -0.955. The molecular formula is C14H17N3O3. The zero-order chi connectivity index (χ0) is 14.4. The van der Waals surface area contributed by atoms with Crippen molar-refractivity contribution in [2.75, 3.05) is 13.2 Å². The summed E-state index contributed by atoms with van der Waals surface area (Å²) in [6.07, 6.45) is 1.89. The molecule has 1 heterocycles. The van der Waals surface area contributed by atoms with E-state index in [1.807, 2.05) is 19.3 Å². The fourth-order valence-corrected chi connectivity index (χ4v) is 1.73. The van der Waals surface area contributed by atoms with Crippen LogP contribution in [-0.4, -0.2) is 34.0 Å². The first-order chi connectivity index (χ1) is 9.65. The van der Waals surface area contributed by atoms with Crippen molar-refractivity contribution in [2.24, 2.45) is 7.05 Å². The van der Waals surface area contributed by atoms with Crippen LogP contribution in [0.1, 0.15) is 16.1 Å². The fraction of sp³-hybridized carbons (Fsp3) is 0.286. The van der Waals surface area contributed by atoms with Crippen molar-refractivity contribution in [3.05, 3.63) is 47.8 Å². The molecule has 1 aromatic carbocycles. The molecule has 6 nitrogen and oxygen atoms in total. The van der Waals surface area contributed by atoms with E-state index in [0.717, 1.165) is 5.69 Å². The maximum absolute atomic E-state index is 10.8. The molecule has 0 amide bonds. The van der Waals surface area contributed by atoms with Gasteiger partial charge in [-0.3, -0.25) is 4.68 Å². The highest BCUT2D eigenvalue weighted by atomic mass is 16.5. The van der Waals surface area contributed by atoms with E-state index in [9.17, 15) is 4.79 Å². The second-order valence-corrected chi connectivity index (χ2v) is 4.34. The summed E-state index contributed by atoms with van der Waals surface area (Å²) in [6, 6.07) is 8.41. The zero-order valence-corrected chi connectivity index (χ0v) is 11.2. The van der Waals surface area contributed by atoms with Gasteiger partial charge in [-0.25, -0.2) is 4.79 Å². The number of carboxylic acids is 1. The van der Waals surface area contributed by atoms with Gasteiger partial charge >= 0.3 is 5.97 Å². The number of ether oxygens (including phenoxy) is 1. The van der Waals surface area contributed by atoms with Crippen LogP contribution in [-0.2, 0) is 13.6 Å². The molecule has 0 aliphatic heterocycles. The Morgan fingerprint density at radius 1 is 1.45 bits per heavy atom. The molecule has 6 heteroatoms. The van der Waals surface area contributed by atoms with E-state index in [4.69, 9.17) is 9.84 Å². The van der Waals surface area contributed by atoms with Crippen LogP contribution >= 0.6 is 0 Å². The van der Waals surface area contributed by atoms with E-state index in [1.54, 1.807) is 16.8 Å². The van der Waals surface area contributed by atoms with E-state index >= 15 is 0 Å². The SMILES string of the molecule is Cn1ccc(CNCCOc2cccc(C(=O)O)c2)n1. The van der Waals surface area contributed by atoms with E-state index < -0.39 is 5.97 Å². The maximum atomic E-state index is 10.8. The van der Waals surface area contributed by atoms with Gasteiger partial charge in [0.2, 0.25) is 0 Å². The Balaban J connectivity index is 1.70. The van der Waals surface area contributed by atoms with Gasteiger partial charge in [-0.1, -0.05) is 6.07 Å². The van der Waals surface area contributed by atoms with E-state index in [-0.39, 0.29) is 5.56 Å². The molecule has 0 saturated carbocycles. The van der Waals surface area contributed by atoms with Gasteiger partial charge in [-0.05, 0) is 24.3 Å². The van der Waals surface area contributed by atoms with E-state index in [0.29, 0.717) is 25.4 Å². The first-order valence-corrected chi connectivity index (χ1v) is 6.30. The molecule has 0 unspecified atom stereocenters. The van der Waals surface area contributed by atoms with Crippen LogP contribution < -0.4 is 10.1 Å². The lowest BCUT2D eigenvalue weighted by Gasteiger charge is -2.07. The van der Waals surface area contributed by atoms with Crippen LogP contribution in [0.5, 0.6) is 5.75 Å². The highest BCUT2D eigenvalue weighted by Crippen LogP contribution is 2.12. The molecule has 0 aliphatic rings. The van der Waals surface area contributed by atoms with E-state index in [2.05, 4.69) is 10.4 Å². The average molecular weight is 275 g/mol. The lowest BCUT2D eigenvalue weighted by atomic mass is 10.2. The van der Waals surface area contributed by atoms with Gasteiger partial charge in [-0.15, -0.1) is 0 Å². The predicted molar refractivity (Wildman–Crippen MR) is 73.8 cm³/mol. The molecule has 106 valence electrons. The maximum Gasteiger partial charge on any atom is 0.335 e. The fourth-order valence-electron chi connectivity index (χ4n) is 1.73. The van der Waals surface area contributed by atoms with Crippen molar-refractivity contribution in [2.45, 2.75) is 6.54 Å². The molecule has 0 aliphatic carbocycles. The number of aryl methyl sites for hydroxylation is 1. The summed E-state index contributed by atoms with van der Waals surface area (Å²) in [5.41, 5.74) is 1.20. The molecule has 0 spiro atoms. The average Bonchev–Trinajstić information content (AvgIpc) is 2.84. The first kappa shape index (κ1) is 14.1. The number of aromatic nitrogens is 2. The van der Waals surface area contributed by atoms with Gasteiger partial charge in [0, 0.05) is 26.3 Å². The third-order valence-corrected chi connectivity index (χ3v) is 2.70. The van der Waals surface area contributed by atoms with Crippen LogP contribution in [0.25, 0.3) is 0 Å². The second-order valence-electron chi connectivity index (χ2n) is 4.34. The van der Waals surface area contributed by atoms with Crippen LogP contribution in [0, 0.1) is 0 Å². The Hall–Kier alpha value is -2.34. The quantitative estimate of drug-likeness (QED) is 0.745. The third-order valence-electron chi connectivity index (χ3n) is 2.70. The van der Waals surface area contributed by atoms with Crippen LogP contribution in [0.2, 0.25) is 0 Å². The monoisotopic (exact) mass is 275 g/mol. The van der Waals surface area contributed by atoms with Gasteiger partial charge in [-0.2, -0.15) is 5.10 Å². The third kappa shape index (κ3) is 4.10. The summed E-state index contributed by atoms with van der Waals surface area (Å²) in [4.78, 5) is 10.8. The Bertz CT molecular complexity index is 581. The van der Waals surface area contributed by atoms with Crippen molar-refractivity contribution in [1.29, 1.82) is 0 Å². The Morgan fingerprint density at radius 3 is 3.00 bits per heavy atom. The van der Waals surface area contributed by atoms with Crippen molar-refractivity contribution < 1.29 is 14.6 Å². The molecule has 0 fully saturated rings. The minimum absolute atomic E-state index is 0.226. The Labute approximate surface area is 117 Å². The van der Waals surface area contributed by atoms with Crippen LogP contribution in [0.4, 0.5) is 0 Å². The van der Waals surface area contributed by atoms with Gasteiger partial charge in [0.15, 0.2) is 0 Å². The Kier molecular flexibility index (Phi) is 4.73. The molecule has 0 bridgehead atoms. The topological polar surface area (TPSA) is 76.4 Å². The first-order valence-electron chi connectivity index (χ1n) is 6.30. The number of nitrogens with zero attached hydrogens (tertiary/aromatic N) is 2. The molecule has 0 atom stereocenters. The molecule has 0 radical (unpaired) electrons. The second kappa shape index (κ2) is 6.72. The van der Waals surface area contributed by atoms with Gasteiger partial charge in [0.25, 0.3) is 0 Å². The minimum Gasteiger partial charge on any atom is -0.492 e. The van der Waals surface area contributed by atoms with Crippen molar-refractivity contribution >= 4 is 5.97 Å². The normalized spacial score (nSPS) is 10.4. The summed E-state index contributed by atoms with van der Waals surface area (Å²) in [5.74, 6) is -0.395. The van der Waals surface area contributed by atoms with E-state index in [1.165, 1.54) is 12.1 Å². The highest BCUT2D eigenvalue weighted by molar-refractivity contribution is 5.87. The number of aromatic carboxylic acids is 1. The highest BCUT2D eigenvalue weighted by Gasteiger charge is 2.03. The van der Waals surface area contributed by atoms with Crippen molar-refractivity contribution in [1.82, 2.24) is 15.1 Å². The molecule has 0 saturated heterocycles. The number of rotatable bonds is 7. The lowest BCUT2D eigenvalue weighted by molar-refractivity contribution is 0.0696. The standard InChI is InChI=1S/C14H17N3O3/c1-17-7-5-12(16-17)10-15-6-8-20-13-4-2-3-11(9-13)14(18)19/h2-5,7,9,15H,6,8,10H2,1H3,(H,18,19). The van der Waals surface area contributed by atoms with Crippen molar-refractivity contribution in [3.63, 3.8) is 0 Å². The molecule has 2 N–H and O–H groups in total. The Morgan fingerprint density at radius 2 is 2.30 bits per heavy atom. The summed E-state index contributed by atoms with van der Waals surface area (Å²) < 4.78 is 7.24. The smallest absolute Gasteiger partial charge is 0.335 e. The number of nitrogens with one attached hydrogen (secondary N) is 1. The largest absolute Gasteiger partial charge is 0.492 e. The predicted octanol–water partition coefficient (Wildman–Crippen LogP) is 1.29. The van der Waals surface area contributed by atoms with Gasteiger partial charge in [0.05, 0.1) is 11.3 Å². The lowest BCUT2D eigenvalue weighted by Crippen LogP contribution is -2.21. The van der Waals surface area contributed by atoms with Crippen LogP contribution in [0.3, 0.4) is 0 Å². The summed E-state index contributed by atoms with van der Waals surface area (Å²) in [6.45, 7) is 1.81. The van der Waals surface area contributed by atoms with Gasteiger partial charge in [0.1, 0.15) is 12.4 Å². The molecule has 20 heavy (non-hydrogen) atoms. The molecule has 1 aromatic heterocycles. The number of benzene rings is 1. The van der Waals surface area contributed by atoms with Crippen LogP contribution in [0.15, 0.2) is 36.5 Å². The van der Waals surface area contributed by atoms with Gasteiger partial charge < -0.3 is 15.2 Å². The summed E-state index contributed by atoms with van der Waals surface area (Å²) in [7, 11) is 1.88. The number of carbonyl (C=O) groups is 1. The number of carboxylic acid groups (broad SMARTS) is 1. The molecule has 2 aromatic rings. The number of hydrogen-bond acceptors (Lipinski definition) is 4. The molecular weight excluding hydrogens is 258 g/mol. The summed E-state index contributed by atoms with van der Waals surface area (Å²) in [5, 5.41) is 16.3. The molecule has 2 rings (SSSR count). The number of hydrogen-bond donors (Lipinski definition) is 2.